The molecular formula is C23H42N2O. The van der Waals surface area contributed by atoms with E-state index < -0.39 is 0 Å². The van der Waals surface area contributed by atoms with Crippen LogP contribution in [0, 0.1) is 0 Å². The van der Waals surface area contributed by atoms with Crippen LogP contribution in [0.5, 0.6) is 0 Å². The topological polar surface area (TPSA) is 41.1 Å². The molecule has 0 saturated heterocycles. The molecule has 0 bridgehead atoms. The Balaban J connectivity index is 1.76. The molecule has 0 spiro atoms. The van der Waals surface area contributed by atoms with Gasteiger partial charge in [-0.25, -0.2) is 4.79 Å². The maximum Gasteiger partial charge on any atom is 0.319 e. The molecule has 2 N–H and O–H groups in total. The first-order valence-electron chi connectivity index (χ1n) is 11.3. The molecule has 150 valence electrons. The highest BCUT2D eigenvalue weighted by molar-refractivity contribution is 5.76. The van der Waals surface area contributed by atoms with Crippen LogP contribution in [-0.4, -0.2) is 12.6 Å². The fraction of sp³-hybridized carbons (Fsp3) is 0.826. The largest absolute Gasteiger partial charge is 0.338 e. The van der Waals surface area contributed by atoms with Crippen LogP contribution >= 0.6 is 0 Å². The number of nitrogens with one attached hydrogen (secondary N) is 2. The zero-order valence-electron chi connectivity index (χ0n) is 17.4. The number of carbonyl (C=O) groups excluding carboxylic acids is 1. The highest BCUT2D eigenvalue weighted by Crippen LogP contribution is 2.19. The van der Waals surface area contributed by atoms with Crippen LogP contribution < -0.4 is 10.6 Å². The molecule has 0 aromatic carbocycles. The van der Waals surface area contributed by atoms with E-state index in [0.717, 1.165) is 31.5 Å². The lowest BCUT2D eigenvalue weighted by atomic mass is 10.0. The van der Waals surface area contributed by atoms with Gasteiger partial charge >= 0.3 is 6.03 Å². The third kappa shape index (κ3) is 12.2. The van der Waals surface area contributed by atoms with Gasteiger partial charge in [0.2, 0.25) is 0 Å². The first kappa shape index (κ1) is 22.8. The maximum absolute atomic E-state index is 11.7. The minimum Gasteiger partial charge on any atom is -0.338 e. The van der Waals surface area contributed by atoms with E-state index in [1.807, 2.05) is 0 Å². The normalized spacial score (nSPS) is 13.0. The molecule has 0 unspecified atom stereocenters. The first-order chi connectivity index (χ1) is 12.8. The summed E-state index contributed by atoms with van der Waals surface area (Å²) in [6.45, 7) is 5.18. The van der Waals surface area contributed by atoms with E-state index in [1.165, 1.54) is 89.0 Å². The molecular weight excluding hydrogens is 320 g/mol. The van der Waals surface area contributed by atoms with Gasteiger partial charge < -0.3 is 10.6 Å². The lowest BCUT2D eigenvalue weighted by molar-refractivity contribution is 0.242. The molecule has 3 nitrogen and oxygen atoms in total. The standard InChI is InChI=1S/C23H42N2O/c1-3-5-6-7-8-9-10-11-12-13-14-15-16-17-18-24-23(26)25-22-19-21(4-2)20-22/h3-19H2,1-2H3,(H2,24,25,26). The van der Waals surface area contributed by atoms with Crippen molar-refractivity contribution in [1.29, 1.82) is 0 Å². The Morgan fingerprint density at radius 1 is 0.808 bits per heavy atom. The minimum absolute atomic E-state index is 0.0719. The molecule has 26 heavy (non-hydrogen) atoms. The highest BCUT2D eigenvalue weighted by Gasteiger charge is 2.11. The second-order valence-electron chi connectivity index (χ2n) is 7.71. The summed E-state index contributed by atoms with van der Waals surface area (Å²) in [4.78, 5) is 11.7. The average Bonchev–Trinajstić information content (AvgIpc) is 2.61. The van der Waals surface area contributed by atoms with Gasteiger partial charge in [0.25, 0.3) is 0 Å². The summed E-state index contributed by atoms with van der Waals surface area (Å²) in [5.41, 5.74) is 5.41. The molecule has 1 rings (SSSR count). The van der Waals surface area contributed by atoms with Crippen molar-refractivity contribution in [3.8, 4) is 0 Å². The number of amides is 2. The molecule has 1 aliphatic rings. The van der Waals surface area contributed by atoms with Gasteiger partial charge in [0.1, 0.15) is 0 Å². The number of carbonyl (C=O) groups is 1. The third-order valence-corrected chi connectivity index (χ3v) is 5.22. The van der Waals surface area contributed by atoms with Crippen LogP contribution in [0.15, 0.2) is 17.0 Å². The van der Waals surface area contributed by atoms with Gasteiger partial charge in [0, 0.05) is 13.0 Å². The quantitative estimate of drug-likeness (QED) is 0.212. The summed E-state index contributed by atoms with van der Waals surface area (Å²) in [6.07, 6.45) is 21.0. The summed E-state index contributed by atoms with van der Waals surface area (Å²) >= 11 is 0. The number of hydrogen-bond acceptors (Lipinski definition) is 1. The van der Waals surface area contributed by atoms with Crippen LogP contribution in [0.25, 0.3) is 0 Å². The van der Waals surface area contributed by atoms with Crippen LogP contribution in [0.1, 0.15) is 117 Å². The molecule has 2 amide bonds. The van der Waals surface area contributed by atoms with Gasteiger partial charge in [0.05, 0.1) is 5.70 Å². The Morgan fingerprint density at radius 2 is 1.27 bits per heavy atom. The van der Waals surface area contributed by atoms with Crippen molar-refractivity contribution >= 4 is 6.03 Å². The van der Waals surface area contributed by atoms with Gasteiger partial charge in [-0.2, -0.15) is 0 Å². The van der Waals surface area contributed by atoms with Crippen molar-refractivity contribution in [3.05, 3.63) is 17.0 Å². The molecule has 0 heterocycles. The number of hydrogen-bond donors (Lipinski definition) is 2. The number of urea groups is 1. The SMILES string of the molecule is CCCCCCCCCCCCCCCCNC(=O)NC1=C=C(CC)C1. The zero-order valence-corrected chi connectivity index (χ0v) is 17.4. The van der Waals surface area contributed by atoms with Crippen molar-refractivity contribution in [2.24, 2.45) is 0 Å². The van der Waals surface area contributed by atoms with E-state index >= 15 is 0 Å². The molecule has 1 aliphatic carbocycles. The van der Waals surface area contributed by atoms with Crippen molar-refractivity contribution in [3.63, 3.8) is 0 Å². The monoisotopic (exact) mass is 362 g/mol. The molecule has 0 aliphatic heterocycles. The third-order valence-electron chi connectivity index (χ3n) is 5.22. The van der Waals surface area contributed by atoms with E-state index in [1.54, 1.807) is 0 Å². The van der Waals surface area contributed by atoms with Crippen LogP contribution in [0.3, 0.4) is 0 Å². The molecule has 0 aromatic heterocycles. The molecule has 3 heteroatoms. The van der Waals surface area contributed by atoms with E-state index in [0.29, 0.717) is 0 Å². The van der Waals surface area contributed by atoms with Crippen LogP contribution in [0.4, 0.5) is 4.79 Å². The molecule has 0 radical (unpaired) electrons. The fourth-order valence-corrected chi connectivity index (χ4v) is 3.40. The van der Waals surface area contributed by atoms with Crippen molar-refractivity contribution in [2.75, 3.05) is 6.54 Å². The minimum atomic E-state index is -0.0719. The fourth-order valence-electron chi connectivity index (χ4n) is 3.40. The van der Waals surface area contributed by atoms with Crippen LogP contribution in [-0.2, 0) is 0 Å². The number of unbranched alkanes of at least 4 members (excludes halogenated alkanes) is 13. The van der Waals surface area contributed by atoms with Gasteiger partial charge in [-0.05, 0) is 18.4 Å². The Bertz CT molecular complexity index is 435. The zero-order chi connectivity index (χ0) is 18.9. The smallest absolute Gasteiger partial charge is 0.319 e. The van der Waals surface area contributed by atoms with Gasteiger partial charge in [-0.15, -0.1) is 0 Å². The average molecular weight is 363 g/mol. The van der Waals surface area contributed by atoms with Crippen molar-refractivity contribution < 1.29 is 4.79 Å². The predicted octanol–water partition coefficient (Wildman–Crippen LogP) is 6.99. The van der Waals surface area contributed by atoms with E-state index in [2.05, 4.69) is 30.2 Å². The van der Waals surface area contributed by atoms with Crippen molar-refractivity contribution in [1.82, 2.24) is 10.6 Å². The summed E-state index contributed by atoms with van der Waals surface area (Å²) in [6, 6.07) is -0.0719. The Kier molecular flexibility index (Phi) is 14.0. The number of rotatable bonds is 17. The van der Waals surface area contributed by atoms with Gasteiger partial charge in [0.15, 0.2) is 0 Å². The Labute approximate surface area is 162 Å². The maximum atomic E-state index is 11.7. The van der Waals surface area contributed by atoms with Crippen molar-refractivity contribution in [2.45, 2.75) is 117 Å². The van der Waals surface area contributed by atoms with Crippen LogP contribution in [0.2, 0.25) is 0 Å². The summed E-state index contributed by atoms with van der Waals surface area (Å²) < 4.78 is 0. The summed E-state index contributed by atoms with van der Waals surface area (Å²) in [7, 11) is 0. The second kappa shape index (κ2) is 16.0. The summed E-state index contributed by atoms with van der Waals surface area (Å²) in [5.74, 6) is 0. The van der Waals surface area contributed by atoms with E-state index in [-0.39, 0.29) is 6.03 Å². The Morgan fingerprint density at radius 3 is 1.73 bits per heavy atom. The predicted molar refractivity (Wildman–Crippen MR) is 112 cm³/mol. The molecule has 0 atom stereocenters. The van der Waals surface area contributed by atoms with E-state index in [9.17, 15) is 4.79 Å². The first-order valence-corrected chi connectivity index (χ1v) is 11.3. The lowest BCUT2D eigenvalue weighted by Crippen LogP contribution is -2.36. The summed E-state index contributed by atoms with van der Waals surface area (Å²) in [5, 5.41) is 5.80. The Hall–Kier alpha value is -1.21. The molecule has 0 aromatic rings. The van der Waals surface area contributed by atoms with E-state index in [4.69, 9.17) is 0 Å². The highest BCUT2D eigenvalue weighted by atomic mass is 16.2. The second-order valence-corrected chi connectivity index (χ2v) is 7.71. The molecule has 0 fully saturated rings. The molecule has 0 saturated carbocycles. The lowest BCUT2D eigenvalue weighted by Gasteiger charge is -2.15. The van der Waals surface area contributed by atoms with Gasteiger partial charge in [-0.3, -0.25) is 0 Å². The van der Waals surface area contributed by atoms with Gasteiger partial charge in [-0.1, -0.05) is 103 Å².